The number of aryl methyl sites for hydroxylation is 2. The fourth-order valence-corrected chi connectivity index (χ4v) is 3.92. The molecule has 11 heteroatoms. The van der Waals surface area contributed by atoms with Crippen molar-refractivity contribution >= 4 is 26.3 Å². The molecule has 0 amide bonds. The molecule has 0 saturated carbocycles. The van der Waals surface area contributed by atoms with Gasteiger partial charge in [0.2, 0.25) is 15.0 Å². The molecule has 0 saturated heterocycles. The van der Waals surface area contributed by atoms with Gasteiger partial charge in [0.1, 0.15) is 21.9 Å². The predicted octanol–water partition coefficient (Wildman–Crippen LogP) is 0.269. The standard InChI is InChI=1S/C9H10N6O3S2/c1-5-8(6(2)18-14-5)20(16,17)11-3-7-13-15-4-10-12-9(15)19-7/h4,11H,3H2,1-2H3. The number of sulfonamides is 1. The fourth-order valence-electron chi connectivity index (χ4n) is 1.76. The minimum absolute atomic E-state index is 0.0699. The van der Waals surface area contributed by atoms with Gasteiger partial charge in [-0.2, -0.15) is 9.61 Å². The maximum atomic E-state index is 12.2. The van der Waals surface area contributed by atoms with Crippen molar-refractivity contribution < 1.29 is 12.9 Å². The lowest BCUT2D eigenvalue weighted by atomic mass is 10.4. The van der Waals surface area contributed by atoms with Crippen LogP contribution < -0.4 is 4.72 Å². The molecule has 3 rings (SSSR count). The zero-order chi connectivity index (χ0) is 14.3. The van der Waals surface area contributed by atoms with Gasteiger partial charge < -0.3 is 4.52 Å². The molecule has 0 fully saturated rings. The largest absolute Gasteiger partial charge is 0.360 e. The molecule has 3 heterocycles. The van der Waals surface area contributed by atoms with Crippen molar-refractivity contribution in [3.63, 3.8) is 0 Å². The zero-order valence-corrected chi connectivity index (χ0v) is 12.2. The van der Waals surface area contributed by atoms with Gasteiger partial charge in [0, 0.05) is 0 Å². The van der Waals surface area contributed by atoms with Crippen LogP contribution in [0.1, 0.15) is 16.5 Å². The molecule has 0 aromatic carbocycles. The molecule has 0 radical (unpaired) electrons. The van der Waals surface area contributed by atoms with E-state index in [9.17, 15) is 8.42 Å². The molecule has 0 aliphatic carbocycles. The first kappa shape index (κ1) is 13.1. The van der Waals surface area contributed by atoms with Gasteiger partial charge in [-0.05, 0) is 13.8 Å². The summed E-state index contributed by atoms with van der Waals surface area (Å²) in [6, 6.07) is 0. The quantitative estimate of drug-likeness (QED) is 0.734. The second kappa shape index (κ2) is 4.61. The highest BCUT2D eigenvalue weighted by Gasteiger charge is 2.24. The second-order valence-corrected chi connectivity index (χ2v) is 6.78. The predicted molar refractivity (Wildman–Crippen MR) is 68.7 cm³/mol. The third kappa shape index (κ3) is 2.19. The van der Waals surface area contributed by atoms with Gasteiger partial charge in [-0.25, -0.2) is 13.1 Å². The van der Waals surface area contributed by atoms with Crippen LogP contribution in [0.3, 0.4) is 0 Å². The van der Waals surface area contributed by atoms with E-state index in [1.54, 1.807) is 13.8 Å². The first-order valence-corrected chi connectivity index (χ1v) is 7.85. The van der Waals surface area contributed by atoms with E-state index in [4.69, 9.17) is 4.52 Å². The van der Waals surface area contributed by atoms with Gasteiger partial charge in [0.25, 0.3) is 0 Å². The maximum absolute atomic E-state index is 12.2. The molecule has 9 nitrogen and oxygen atoms in total. The molecule has 106 valence electrons. The van der Waals surface area contributed by atoms with E-state index < -0.39 is 10.0 Å². The summed E-state index contributed by atoms with van der Waals surface area (Å²) < 4.78 is 33.2. The Morgan fingerprint density at radius 2 is 2.25 bits per heavy atom. The fraction of sp³-hybridized carbons (Fsp3) is 0.333. The van der Waals surface area contributed by atoms with Crippen molar-refractivity contribution in [2.45, 2.75) is 25.3 Å². The number of nitrogens with one attached hydrogen (secondary N) is 1. The van der Waals surface area contributed by atoms with E-state index in [0.717, 1.165) is 0 Å². The van der Waals surface area contributed by atoms with Crippen LogP contribution in [0.4, 0.5) is 0 Å². The Kier molecular flexibility index (Phi) is 3.03. The average molecular weight is 314 g/mol. The SMILES string of the molecule is Cc1noc(C)c1S(=O)(=O)NCc1nn2cnnc2s1. The van der Waals surface area contributed by atoms with E-state index in [0.29, 0.717) is 15.7 Å². The lowest BCUT2D eigenvalue weighted by molar-refractivity contribution is 0.390. The van der Waals surface area contributed by atoms with Gasteiger partial charge in [-0.1, -0.05) is 16.5 Å². The van der Waals surface area contributed by atoms with Crippen LogP contribution >= 0.6 is 11.3 Å². The summed E-state index contributed by atoms with van der Waals surface area (Å²) in [6.07, 6.45) is 1.46. The number of hydrogen-bond acceptors (Lipinski definition) is 8. The summed E-state index contributed by atoms with van der Waals surface area (Å²) in [7, 11) is -3.68. The molecule has 0 spiro atoms. The molecule has 3 aromatic heterocycles. The molecule has 0 unspecified atom stereocenters. The summed E-state index contributed by atoms with van der Waals surface area (Å²) >= 11 is 1.26. The lowest BCUT2D eigenvalue weighted by Gasteiger charge is -2.03. The first-order valence-electron chi connectivity index (χ1n) is 5.55. The highest BCUT2D eigenvalue weighted by atomic mass is 32.2. The summed E-state index contributed by atoms with van der Waals surface area (Å²) in [5, 5.41) is 15.9. The van der Waals surface area contributed by atoms with Crippen LogP contribution in [-0.4, -0.2) is 33.4 Å². The van der Waals surface area contributed by atoms with Gasteiger partial charge in [0.15, 0.2) is 5.76 Å². The van der Waals surface area contributed by atoms with Gasteiger partial charge >= 0.3 is 0 Å². The van der Waals surface area contributed by atoms with E-state index >= 15 is 0 Å². The Balaban J connectivity index is 1.82. The van der Waals surface area contributed by atoms with Crippen LogP contribution in [0.2, 0.25) is 0 Å². The highest BCUT2D eigenvalue weighted by molar-refractivity contribution is 7.89. The van der Waals surface area contributed by atoms with Crippen LogP contribution in [0, 0.1) is 13.8 Å². The van der Waals surface area contributed by atoms with Gasteiger partial charge in [-0.3, -0.25) is 0 Å². The molecular formula is C9H10N6O3S2. The number of nitrogens with zero attached hydrogens (tertiary/aromatic N) is 5. The molecule has 0 atom stereocenters. The van der Waals surface area contributed by atoms with Gasteiger partial charge in [-0.15, -0.1) is 10.2 Å². The summed E-state index contributed by atoms with van der Waals surface area (Å²) in [6.45, 7) is 3.20. The molecular weight excluding hydrogens is 304 g/mol. The van der Waals surface area contributed by atoms with Crippen LogP contribution in [0.15, 0.2) is 15.7 Å². The van der Waals surface area contributed by atoms with Crippen molar-refractivity contribution in [2.75, 3.05) is 0 Å². The topological polar surface area (TPSA) is 115 Å². The summed E-state index contributed by atoms with van der Waals surface area (Å²) in [5.41, 5.74) is 0.327. The second-order valence-electron chi connectivity index (χ2n) is 4.03. The van der Waals surface area contributed by atoms with Crippen molar-refractivity contribution in [3.05, 3.63) is 22.8 Å². The number of rotatable bonds is 4. The highest BCUT2D eigenvalue weighted by Crippen LogP contribution is 2.19. The summed E-state index contributed by atoms with van der Waals surface area (Å²) in [5.74, 6) is 0.258. The molecule has 20 heavy (non-hydrogen) atoms. The normalized spacial score (nSPS) is 12.3. The zero-order valence-electron chi connectivity index (χ0n) is 10.6. The molecule has 0 bridgehead atoms. The van der Waals surface area contributed by atoms with E-state index in [1.165, 1.54) is 22.2 Å². The smallest absolute Gasteiger partial charge is 0.246 e. The number of fused-ring (bicyclic) bond motifs is 1. The Labute approximate surface area is 117 Å². The van der Waals surface area contributed by atoms with E-state index in [2.05, 4.69) is 25.2 Å². The average Bonchev–Trinajstić information content (AvgIpc) is 3.01. The minimum Gasteiger partial charge on any atom is -0.360 e. The third-order valence-electron chi connectivity index (χ3n) is 2.58. The Hall–Kier alpha value is -1.85. The van der Waals surface area contributed by atoms with Crippen LogP contribution in [0.5, 0.6) is 0 Å². The Morgan fingerprint density at radius 3 is 2.90 bits per heavy atom. The molecule has 3 aromatic rings. The van der Waals surface area contributed by atoms with Crippen molar-refractivity contribution in [2.24, 2.45) is 0 Å². The van der Waals surface area contributed by atoms with Crippen molar-refractivity contribution in [1.82, 2.24) is 29.7 Å². The van der Waals surface area contributed by atoms with Crippen LogP contribution in [0.25, 0.3) is 4.96 Å². The first-order chi connectivity index (χ1) is 9.47. The minimum atomic E-state index is -3.68. The Bertz CT molecular complexity index is 813. The monoisotopic (exact) mass is 314 g/mol. The number of hydrogen-bond donors (Lipinski definition) is 1. The number of aromatic nitrogens is 5. The lowest BCUT2D eigenvalue weighted by Crippen LogP contribution is -2.24. The molecule has 1 N–H and O–H groups in total. The Morgan fingerprint density at radius 1 is 1.45 bits per heavy atom. The van der Waals surface area contributed by atoms with E-state index in [-0.39, 0.29) is 17.2 Å². The third-order valence-corrected chi connectivity index (χ3v) is 5.14. The van der Waals surface area contributed by atoms with Crippen molar-refractivity contribution in [1.29, 1.82) is 0 Å². The van der Waals surface area contributed by atoms with E-state index in [1.807, 2.05) is 0 Å². The summed E-state index contributed by atoms with van der Waals surface area (Å²) in [4.78, 5) is 0.678. The molecule has 0 aliphatic rings. The molecule has 0 aliphatic heterocycles. The van der Waals surface area contributed by atoms with Crippen molar-refractivity contribution in [3.8, 4) is 0 Å². The van der Waals surface area contributed by atoms with Gasteiger partial charge in [0.05, 0.1) is 6.54 Å². The maximum Gasteiger partial charge on any atom is 0.246 e. The van der Waals surface area contributed by atoms with Crippen LogP contribution in [-0.2, 0) is 16.6 Å².